The Bertz CT molecular complexity index is 1170. The number of nitriles is 1. The number of nitrogens with zero attached hydrogens (tertiary/aromatic N) is 5. The standard InChI is InChI=1S/C23H22N6O2/c1-14-21(15(2)31-28-14)16-3-6-19(26-12-16)27-20-11-18(7-9-25-20)29-10-8-23(13-24,22(29)30)17-4-5-17/h3,6-7,9,11-12,17H,4-5,8,10H2,1-2H3,(H,25,26,27)/t23-/m1/s1. The zero-order chi connectivity index (χ0) is 21.6. The molecule has 1 amide bonds. The zero-order valence-corrected chi connectivity index (χ0v) is 17.4. The van der Waals surface area contributed by atoms with Gasteiger partial charge < -0.3 is 14.7 Å². The summed E-state index contributed by atoms with van der Waals surface area (Å²) in [6.07, 6.45) is 5.94. The highest BCUT2D eigenvalue weighted by atomic mass is 16.5. The SMILES string of the molecule is Cc1noc(C)c1-c1ccc(Nc2cc(N3CC[C@@](C#N)(C4CC4)C3=O)ccn2)nc1. The summed E-state index contributed by atoms with van der Waals surface area (Å²) in [5, 5.41) is 16.9. The van der Waals surface area contributed by atoms with Gasteiger partial charge in [0.1, 0.15) is 22.8 Å². The minimum Gasteiger partial charge on any atom is -0.361 e. The first kappa shape index (κ1) is 19.2. The first-order chi connectivity index (χ1) is 15.0. The van der Waals surface area contributed by atoms with Crippen LogP contribution in [0.4, 0.5) is 17.3 Å². The summed E-state index contributed by atoms with van der Waals surface area (Å²) >= 11 is 0. The topological polar surface area (TPSA) is 108 Å². The van der Waals surface area contributed by atoms with Crippen molar-refractivity contribution in [3.8, 4) is 17.2 Å². The smallest absolute Gasteiger partial charge is 0.247 e. The number of carbonyl (C=O) groups excluding carboxylic acids is 1. The van der Waals surface area contributed by atoms with Gasteiger partial charge in [0.2, 0.25) is 5.91 Å². The first-order valence-electron chi connectivity index (χ1n) is 10.4. The maximum atomic E-state index is 13.1. The van der Waals surface area contributed by atoms with Crippen molar-refractivity contribution < 1.29 is 9.32 Å². The molecule has 1 atom stereocenters. The van der Waals surface area contributed by atoms with Crippen molar-refractivity contribution in [2.45, 2.75) is 33.1 Å². The van der Waals surface area contributed by atoms with E-state index in [1.54, 1.807) is 23.4 Å². The highest BCUT2D eigenvalue weighted by Crippen LogP contribution is 2.51. The molecule has 8 heteroatoms. The van der Waals surface area contributed by atoms with Crippen molar-refractivity contribution in [2.75, 3.05) is 16.8 Å². The van der Waals surface area contributed by atoms with E-state index in [9.17, 15) is 10.1 Å². The third kappa shape index (κ3) is 3.22. The molecule has 3 aromatic heterocycles. The van der Waals surface area contributed by atoms with Crippen LogP contribution in [-0.4, -0.2) is 27.6 Å². The average Bonchev–Trinajstić information content (AvgIpc) is 3.50. The second kappa shape index (κ2) is 7.20. The van der Waals surface area contributed by atoms with Crippen LogP contribution < -0.4 is 10.2 Å². The average molecular weight is 414 g/mol. The summed E-state index contributed by atoms with van der Waals surface area (Å²) in [6.45, 7) is 4.33. The fourth-order valence-electron chi connectivity index (χ4n) is 4.43. The van der Waals surface area contributed by atoms with Gasteiger partial charge in [-0.15, -0.1) is 0 Å². The van der Waals surface area contributed by atoms with Crippen molar-refractivity contribution >= 4 is 23.2 Å². The van der Waals surface area contributed by atoms with E-state index in [1.807, 2.05) is 32.0 Å². The zero-order valence-electron chi connectivity index (χ0n) is 17.4. The van der Waals surface area contributed by atoms with Crippen molar-refractivity contribution in [3.63, 3.8) is 0 Å². The molecule has 0 unspecified atom stereocenters. The van der Waals surface area contributed by atoms with Gasteiger partial charge >= 0.3 is 0 Å². The van der Waals surface area contributed by atoms with E-state index in [0.717, 1.165) is 41.1 Å². The van der Waals surface area contributed by atoms with Crippen LogP contribution in [0.1, 0.15) is 30.7 Å². The van der Waals surface area contributed by atoms with Gasteiger partial charge in [-0.2, -0.15) is 5.26 Å². The molecule has 0 bridgehead atoms. The fraction of sp³-hybridized carbons (Fsp3) is 0.348. The van der Waals surface area contributed by atoms with Crippen LogP contribution in [-0.2, 0) is 4.79 Å². The van der Waals surface area contributed by atoms with Crippen LogP contribution in [0.3, 0.4) is 0 Å². The molecule has 2 aliphatic rings. The summed E-state index contributed by atoms with van der Waals surface area (Å²) in [7, 11) is 0. The molecule has 2 fully saturated rings. The van der Waals surface area contributed by atoms with Gasteiger partial charge in [-0.3, -0.25) is 4.79 Å². The summed E-state index contributed by atoms with van der Waals surface area (Å²) < 4.78 is 5.23. The molecule has 0 spiro atoms. The summed E-state index contributed by atoms with van der Waals surface area (Å²) in [5.74, 6) is 2.09. The Morgan fingerprint density at radius 2 is 2.06 bits per heavy atom. The van der Waals surface area contributed by atoms with Gasteiger partial charge in [-0.25, -0.2) is 9.97 Å². The number of amides is 1. The lowest BCUT2D eigenvalue weighted by atomic mass is 9.83. The normalized spacial score (nSPS) is 20.7. The van der Waals surface area contributed by atoms with Gasteiger partial charge in [0.25, 0.3) is 0 Å². The second-order valence-electron chi connectivity index (χ2n) is 8.22. The molecule has 1 saturated heterocycles. The Kier molecular flexibility index (Phi) is 4.47. The molecule has 1 aliphatic carbocycles. The predicted molar refractivity (Wildman–Crippen MR) is 114 cm³/mol. The number of aromatic nitrogens is 3. The third-order valence-electron chi connectivity index (χ3n) is 6.23. The first-order valence-corrected chi connectivity index (χ1v) is 10.4. The summed E-state index contributed by atoms with van der Waals surface area (Å²) in [5.41, 5.74) is 2.59. The molecular formula is C23H22N6O2. The number of carbonyl (C=O) groups is 1. The molecule has 0 radical (unpaired) electrons. The van der Waals surface area contributed by atoms with E-state index in [0.29, 0.717) is 24.6 Å². The third-order valence-corrected chi connectivity index (χ3v) is 6.23. The van der Waals surface area contributed by atoms with Crippen LogP contribution in [0, 0.1) is 36.5 Å². The molecule has 1 aliphatic heterocycles. The quantitative estimate of drug-likeness (QED) is 0.668. The fourth-order valence-corrected chi connectivity index (χ4v) is 4.43. The molecular weight excluding hydrogens is 392 g/mol. The van der Waals surface area contributed by atoms with Crippen LogP contribution in [0.5, 0.6) is 0 Å². The summed E-state index contributed by atoms with van der Waals surface area (Å²) in [4.78, 5) is 23.6. The molecule has 3 aromatic rings. The molecule has 8 nitrogen and oxygen atoms in total. The molecule has 5 rings (SSSR count). The molecule has 31 heavy (non-hydrogen) atoms. The highest BCUT2D eigenvalue weighted by molar-refractivity contribution is 6.02. The number of rotatable bonds is 5. The lowest BCUT2D eigenvalue weighted by Gasteiger charge is -2.21. The van der Waals surface area contributed by atoms with E-state index >= 15 is 0 Å². The molecule has 4 heterocycles. The van der Waals surface area contributed by atoms with Crippen molar-refractivity contribution in [1.82, 2.24) is 15.1 Å². The maximum absolute atomic E-state index is 13.1. The number of pyridine rings is 2. The van der Waals surface area contributed by atoms with E-state index in [2.05, 4.69) is 26.5 Å². The number of hydrogen-bond acceptors (Lipinski definition) is 7. The lowest BCUT2D eigenvalue weighted by Crippen LogP contribution is -2.35. The summed E-state index contributed by atoms with van der Waals surface area (Å²) in [6, 6.07) is 9.77. The lowest BCUT2D eigenvalue weighted by molar-refractivity contribution is -0.123. The van der Waals surface area contributed by atoms with Gasteiger partial charge in [0.15, 0.2) is 0 Å². The monoisotopic (exact) mass is 414 g/mol. The molecule has 156 valence electrons. The molecule has 0 aromatic carbocycles. The van der Waals surface area contributed by atoms with Gasteiger partial charge in [-0.05, 0) is 57.2 Å². The minimum absolute atomic E-state index is 0.0865. The second-order valence-corrected chi connectivity index (χ2v) is 8.22. The Morgan fingerprint density at radius 1 is 1.23 bits per heavy atom. The van der Waals surface area contributed by atoms with Crippen LogP contribution >= 0.6 is 0 Å². The number of anilines is 3. The minimum atomic E-state index is -0.855. The Morgan fingerprint density at radius 3 is 2.71 bits per heavy atom. The van der Waals surface area contributed by atoms with E-state index in [4.69, 9.17) is 4.52 Å². The predicted octanol–water partition coefficient (Wildman–Crippen LogP) is 4.15. The largest absolute Gasteiger partial charge is 0.361 e. The highest BCUT2D eigenvalue weighted by Gasteiger charge is 2.56. The molecule has 1 saturated carbocycles. The number of aryl methyl sites for hydroxylation is 2. The van der Waals surface area contributed by atoms with E-state index in [-0.39, 0.29) is 11.8 Å². The Hall–Kier alpha value is -3.73. The van der Waals surface area contributed by atoms with Crippen LogP contribution in [0.2, 0.25) is 0 Å². The van der Waals surface area contributed by atoms with Gasteiger partial charge in [0, 0.05) is 41.8 Å². The van der Waals surface area contributed by atoms with E-state index < -0.39 is 5.41 Å². The van der Waals surface area contributed by atoms with Gasteiger partial charge in [-0.1, -0.05) is 5.16 Å². The van der Waals surface area contributed by atoms with Crippen molar-refractivity contribution in [2.24, 2.45) is 11.3 Å². The molecule has 1 N–H and O–H groups in total. The van der Waals surface area contributed by atoms with Gasteiger partial charge in [0.05, 0.1) is 11.8 Å². The maximum Gasteiger partial charge on any atom is 0.247 e. The van der Waals surface area contributed by atoms with Crippen molar-refractivity contribution in [3.05, 3.63) is 48.1 Å². The van der Waals surface area contributed by atoms with Crippen LogP contribution in [0.25, 0.3) is 11.1 Å². The van der Waals surface area contributed by atoms with Crippen molar-refractivity contribution in [1.29, 1.82) is 5.26 Å². The number of hydrogen-bond donors (Lipinski definition) is 1. The Balaban J connectivity index is 1.35. The van der Waals surface area contributed by atoms with Crippen LogP contribution in [0.15, 0.2) is 41.2 Å². The number of nitrogens with one attached hydrogen (secondary N) is 1. The van der Waals surface area contributed by atoms with E-state index in [1.165, 1.54) is 0 Å². The Labute approximate surface area is 179 Å².